The lowest BCUT2D eigenvalue weighted by atomic mass is 10.1. The number of hydrogen-bond donors (Lipinski definition) is 2. The second-order valence-corrected chi connectivity index (χ2v) is 4.91. The zero-order valence-corrected chi connectivity index (χ0v) is 11.4. The summed E-state index contributed by atoms with van der Waals surface area (Å²) in [5, 5.41) is 13.1. The van der Waals surface area contributed by atoms with Gasteiger partial charge in [0.05, 0.1) is 11.1 Å². The number of nitrogens with zero attached hydrogens (tertiary/aromatic N) is 1. The molecule has 2 aromatic rings. The van der Waals surface area contributed by atoms with Crippen LogP contribution in [-0.4, -0.2) is 16.2 Å². The molecule has 5 heteroatoms. The van der Waals surface area contributed by atoms with Crippen molar-refractivity contribution in [2.75, 3.05) is 6.54 Å². The van der Waals surface area contributed by atoms with Gasteiger partial charge in [-0.05, 0) is 29.3 Å². The number of aliphatic hydroxyl groups is 1. The first-order valence-electron chi connectivity index (χ1n) is 6.01. The van der Waals surface area contributed by atoms with E-state index in [1.165, 1.54) is 12.1 Å². The number of aliphatic hydroxyl groups excluding tert-OH is 1. The van der Waals surface area contributed by atoms with E-state index in [1.54, 1.807) is 6.07 Å². The molecule has 3 nitrogen and oxygen atoms in total. The van der Waals surface area contributed by atoms with Gasteiger partial charge in [0, 0.05) is 32.5 Å². The molecule has 0 saturated heterocycles. The average Bonchev–Trinajstić information content (AvgIpc) is 2.78. The van der Waals surface area contributed by atoms with Crippen LogP contribution in [0.1, 0.15) is 17.2 Å². The molecule has 2 rings (SSSR count). The van der Waals surface area contributed by atoms with Crippen molar-refractivity contribution in [1.82, 2.24) is 9.88 Å². The van der Waals surface area contributed by atoms with Crippen molar-refractivity contribution in [2.24, 2.45) is 7.05 Å². The number of aryl methyl sites for hydroxylation is 1. The van der Waals surface area contributed by atoms with Crippen LogP contribution in [0.15, 0.2) is 36.7 Å². The second kappa shape index (κ2) is 6.19. The molecule has 1 unspecified atom stereocenters. The molecular weight excluding hydrogens is 267 g/mol. The molecule has 1 aromatic carbocycles. The fourth-order valence-electron chi connectivity index (χ4n) is 1.86. The van der Waals surface area contributed by atoms with Crippen LogP contribution in [0.5, 0.6) is 0 Å². The van der Waals surface area contributed by atoms with Gasteiger partial charge < -0.3 is 15.0 Å². The Morgan fingerprint density at radius 2 is 2.21 bits per heavy atom. The van der Waals surface area contributed by atoms with E-state index < -0.39 is 11.9 Å². The van der Waals surface area contributed by atoms with Gasteiger partial charge in [-0.1, -0.05) is 17.7 Å². The van der Waals surface area contributed by atoms with Gasteiger partial charge in [0.1, 0.15) is 5.82 Å². The number of hydrogen-bond acceptors (Lipinski definition) is 2. The van der Waals surface area contributed by atoms with Crippen molar-refractivity contribution >= 4 is 11.6 Å². The van der Waals surface area contributed by atoms with E-state index in [2.05, 4.69) is 5.32 Å². The van der Waals surface area contributed by atoms with E-state index in [1.807, 2.05) is 30.1 Å². The monoisotopic (exact) mass is 282 g/mol. The van der Waals surface area contributed by atoms with Gasteiger partial charge in [-0.3, -0.25) is 0 Å². The Morgan fingerprint density at radius 3 is 2.84 bits per heavy atom. The van der Waals surface area contributed by atoms with Gasteiger partial charge >= 0.3 is 0 Å². The lowest BCUT2D eigenvalue weighted by Gasteiger charge is -2.12. The minimum atomic E-state index is -0.754. The minimum absolute atomic E-state index is 0.0631. The second-order valence-electron chi connectivity index (χ2n) is 4.51. The predicted molar refractivity (Wildman–Crippen MR) is 73.5 cm³/mol. The molecular formula is C14H16ClFN2O. The summed E-state index contributed by atoms with van der Waals surface area (Å²) in [6.45, 7) is 1.02. The van der Waals surface area contributed by atoms with E-state index in [9.17, 15) is 9.50 Å². The van der Waals surface area contributed by atoms with Crippen LogP contribution in [0, 0.1) is 5.82 Å². The summed E-state index contributed by atoms with van der Waals surface area (Å²) in [4.78, 5) is 0. The van der Waals surface area contributed by atoms with Crippen LogP contribution >= 0.6 is 11.6 Å². The van der Waals surface area contributed by atoms with Crippen molar-refractivity contribution in [3.8, 4) is 0 Å². The first-order valence-corrected chi connectivity index (χ1v) is 6.38. The molecule has 0 saturated carbocycles. The lowest BCUT2D eigenvalue weighted by molar-refractivity contribution is 0.174. The van der Waals surface area contributed by atoms with Crippen LogP contribution in [0.2, 0.25) is 5.02 Å². The quantitative estimate of drug-likeness (QED) is 0.885. The predicted octanol–water partition coefficient (Wildman–Crippen LogP) is 2.64. The summed E-state index contributed by atoms with van der Waals surface area (Å²) in [6, 6.07) is 6.34. The molecule has 0 spiro atoms. The molecule has 0 radical (unpaired) electrons. The lowest BCUT2D eigenvalue weighted by Crippen LogP contribution is -2.21. The number of benzene rings is 1. The molecule has 1 aromatic heterocycles. The van der Waals surface area contributed by atoms with E-state index in [0.717, 1.165) is 5.56 Å². The van der Waals surface area contributed by atoms with Crippen molar-refractivity contribution in [3.05, 3.63) is 58.6 Å². The van der Waals surface area contributed by atoms with Crippen molar-refractivity contribution < 1.29 is 9.50 Å². The van der Waals surface area contributed by atoms with Gasteiger partial charge in [0.25, 0.3) is 0 Å². The summed E-state index contributed by atoms with van der Waals surface area (Å²) >= 11 is 5.60. The maximum Gasteiger partial charge on any atom is 0.142 e. The zero-order chi connectivity index (χ0) is 13.8. The van der Waals surface area contributed by atoms with Crippen LogP contribution in [0.3, 0.4) is 0 Å². The Kier molecular flexibility index (Phi) is 4.58. The highest BCUT2D eigenvalue weighted by Crippen LogP contribution is 2.19. The summed E-state index contributed by atoms with van der Waals surface area (Å²) in [7, 11) is 1.95. The van der Waals surface area contributed by atoms with Crippen molar-refractivity contribution in [2.45, 2.75) is 12.6 Å². The van der Waals surface area contributed by atoms with E-state index in [4.69, 9.17) is 11.6 Å². The number of rotatable bonds is 5. The summed E-state index contributed by atoms with van der Waals surface area (Å²) in [5.74, 6) is -0.513. The molecule has 0 fully saturated rings. The maximum atomic E-state index is 13.3. The third kappa shape index (κ3) is 3.80. The van der Waals surface area contributed by atoms with Gasteiger partial charge in [-0.25, -0.2) is 4.39 Å². The highest BCUT2D eigenvalue weighted by molar-refractivity contribution is 6.30. The highest BCUT2D eigenvalue weighted by atomic mass is 35.5. The van der Waals surface area contributed by atoms with E-state index in [0.29, 0.717) is 18.7 Å². The minimum Gasteiger partial charge on any atom is -0.387 e. The third-order valence-corrected chi connectivity index (χ3v) is 3.19. The van der Waals surface area contributed by atoms with Crippen LogP contribution < -0.4 is 5.32 Å². The van der Waals surface area contributed by atoms with Crippen LogP contribution in [0.4, 0.5) is 4.39 Å². The van der Waals surface area contributed by atoms with E-state index >= 15 is 0 Å². The molecule has 0 amide bonds. The van der Waals surface area contributed by atoms with Crippen LogP contribution in [0.25, 0.3) is 0 Å². The normalized spacial score (nSPS) is 12.6. The van der Waals surface area contributed by atoms with Gasteiger partial charge in [0.15, 0.2) is 0 Å². The van der Waals surface area contributed by atoms with Gasteiger partial charge in [-0.2, -0.15) is 0 Å². The Morgan fingerprint density at radius 1 is 1.42 bits per heavy atom. The van der Waals surface area contributed by atoms with Crippen molar-refractivity contribution in [3.63, 3.8) is 0 Å². The average molecular weight is 283 g/mol. The summed E-state index contributed by atoms with van der Waals surface area (Å²) in [5.41, 5.74) is 1.65. The number of halogens is 2. The smallest absolute Gasteiger partial charge is 0.142 e. The fraction of sp³-hybridized carbons (Fsp3) is 0.286. The standard InChI is InChI=1S/C14H16ClFN2O/c1-18-5-4-10(9-18)7-17-8-14(19)11-2-3-12(15)13(16)6-11/h2-6,9,14,17,19H,7-8H2,1H3. The first kappa shape index (κ1) is 14.1. The SMILES string of the molecule is Cn1ccc(CNCC(O)c2ccc(Cl)c(F)c2)c1. The van der Waals surface area contributed by atoms with Gasteiger partial charge in [0.2, 0.25) is 0 Å². The molecule has 1 heterocycles. The molecule has 102 valence electrons. The Hall–Kier alpha value is -1.36. The molecule has 2 N–H and O–H groups in total. The Bertz CT molecular complexity index is 556. The fourth-order valence-corrected chi connectivity index (χ4v) is 1.97. The first-order chi connectivity index (χ1) is 9.06. The van der Waals surface area contributed by atoms with Gasteiger partial charge in [-0.15, -0.1) is 0 Å². The largest absolute Gasteiger partial charge is 0.387 e. The molecule has 1 atom stereocenters. The summed E-state index contributed by atoms with van der Waals surface area (Å²) in [6.07, 6.45) is 3.21. The zero-order valence-electron chi connectivity index (χ0n) is 10.6. The van der Waals surface area contributed by atoms with Crippen molar-refractivity contribution in [1.29, 1.82) is 0 Å². The molecule has 0 bridgehead atoms. The highest BCUT2D eigenvalue weighted by Gasteiger charge is 2.09. The third-order valence-electron chi connectivity index (χ3n) is 2.89. The Balaban J connectivity index is 1.86. The molecule has 0 aliphatic heterocycles. The summed E-state index contributed by atoms with van der Waals surface area (Å²) < 4.78 is 15.2. The maximum absolute atomic E-state index is 13.3. The topological polar surface area (TPSA) is 37.2 Å². The molecule has 0 aliphatic rings. The van der Waals surface area contributed by atoms with E-state index in [-0.39, 0.29) is 5.02 Å². The Labute approximate surface area is 116 Å². The number of nitrogens with one attached hydrogen (secondary N) is 1. The number of aromatic nitrogens is 1. The molecule has 19 heavy (non-hydrogen) atoms. The van der Waals surface area contributed by atoms with Crippen LogP contribution in [-0.2, 0) is 13.6 Å². The molecule has 0 aliphatic carbocycles.